The van der Waals surface area contributed by atoms with E-state index in [4.69, 9.17) is 4.74 Å². The molecule has 0 fully saturated rings. The lowest BCUT2D eigenvalue weighted by atomic mass is 9.91. The van der Waals surface area contributed by atoms with Gasteiger partial charge in [-0.3, -0.25) is 0 Å². The van der Waals surface area contributed by atoms with Crippen molar-refractivity contribution < 1.29 is 4.74 Å². The number of ether oxygens (including phenoxy) is 1. The summed E-state index contributed by atoms with van der Waals surface area (Å²) in [6, 6.07) is 8.93. The summed E-state index contributed by atoms with van der Waals surface area (Å²) >= 11 is 0. The van der Waals surface area contributed by atoms with Gasteiger partial charge in [-0.2, -0.15) is 0 Å². The molecule has 0 bridgehead atoms. The zero-order valence-electron chi connectivity index (χ0n) is 13.0. The molecule has 1 aliphatic carbocycles. The SMILES string of the molecule is CNC(CC1=CCCCC1)c1ccc(OC(C)C)cc1. The Kier molecular flexibility index (Phi) is 5.66. The molecular weight excluding hydrogens is 246 g/mol. The number of hydrogen-bond donors (Lipinski definition) is 1. The summed E-state index contributed by atoms with van der Waals surface area (Å²) in [4.78, 5) is 0. The van der Waals surface area contributed by atoms with Crippen molar-refractivity contribution >= 4 is 0 Å². The Morgan fingerprint density at radius 1 is 1.15 bits per heavy atom. The van der Waals surface area contributed by atoms with Crippen LogP contribution < -0.4 is 10.1 Å². The standard InChI is InChI=1S/C18H27NO/c1-14(2)20-17-11-9-16(10-12-17)18(19-3)13-15-7-5-4-6-8-15/h7,9-12,14,18-19H,4-6,8,13H2,1-3H3. The van der Waals surface area contributed by atoms with Crippen LogP contribution in [-0.2, 0) is 0 Å². The van der Waals surface area contributed by atoms with E-state index in [1.165, 1.54) is 31.2 Å². The Hall–Kier alpha value is -1.28. The van der Waals surface area contributed by atoms with E-state index in [-0.39, 0.29) is 6.10 Å². The summed E-state index contributed by atoms with van der Waals surface area (Å²) < 4.78 is 5.70. The van der Waals surface area contributed by atoms with Gasteiger partial charge in [-0.1, -0.05) is 23.8 Å². The molecule has 2 nitrogen and oxygen atoms in total. The summed E-state index contributed by atoms with van der Waals surface area (Å²) in [5.41, 5.74) is 2.95. The summed E-state index contributed by atoms with van der Waals surface area (Å²) in [6.45, 7) is 4.11. The fraction of sp³-hybridized carbons (Fsp3) is 0.556. The van der Waals surface area contributed by atoms with E-state index in [0.29, 0.717) is 6.04 Å². The van der Waals surface area contributed by atoms with Crippen LogP contribution in [0.25, 0.3) is 0 Å². The average Bonchev–Trinajstić information content (AvgIpc) is 2.46. The highest BCUT2D eigenvalue weighted by atomic mass is 16.5. The molecule has 1 aromatic carbocycles. The van der Waals surface area contributed by atoms with E-state index in [1.807, 2.05) is 7.05 Å². The fourth-order valence-corrected chi connectivity index (χ4v) is 2.79. The highest BCUT2D eigenvalue weighted by Gasteiger charge is 2.13. The molecule has 1 N–H and O–H groups in total. The molecule has 0 saturated heterocycles. The first kappa shape index (κ1) is 15.1. The molecule has 20 heavy (non-hydrogen) atoms. The van der Waals surface area contributed by atoms with Gasteiger partial charge in [0.25, 0.3) is 0 Å². The molecule has 110 valence electrons. The van der Waals surface area contributed by atoms with Gasteiger partial charge in [-0.15, -0.1) is 0 Å². The van der Waals surface area contributed by atoms with E-state index in [9.17, 15) is 0 Å². The lowest BCUT2D eigenvalue weighted by molar-refractivity contribution is 0.242. The molecule has 0 heterocycles. The highest BCUT2D eigenvalue weighted by molar-refractivity contribution is 5.30. The van der Waals surface area contributed by atoms with Gasteiger partial charge < -0.3 is 10.1 Å². The van der Waals surface area contributed by atoms with E-state index < -0.39 is 0 Å². The Morgan fingerprint density at radius 2 is 1.90 bits per heavy atom. The van der Waals surface area contributed by atoms with Gasteiger partial charge in [0, 0.05) is 6.04 Å². The van der Waals surface area contributed by atoms with Crippen LogP contribution in [0.15, 0.2) is 35.9 Å². The summed E-state index contributed by atoms with van der Waals surface area (Å²) in [7, 11) is 2.05. The molecule has 1 aliphatic rings. The van der Waals surface area contributed by atoms with Crippen LogP contribution in [0.5, 0.6) is 5.75 Å². The average molecular weight is 273 g/mol. The molecule has 0 aromatic heterocycles. The van der Waals surface area contributed by atoms with Crippen molar-refractivity contribution in [3.8, 4) is 5.75 Å². The summed E-state index contributed by atoms with van der Waals surface area (Å²) in [5, 5.41) is 3.44. The van der Waals surface area contributed by atoms with Gasteiger partial charge >= 0.3 is 0 Å². The van der Waals surface area contributed by atoms with Crippen molar-refractivity contribution in [2.24, 2.45) is 0 Å². The zero-order valence-corrected chi connectivity index (χ0v) is 13.0. The molecule has 1 aromatic rings. The maximum atomic E-state index is 5.70. The van der Waals surface area contributed by atoms with E-state index in [1.54, 1.807) is 5.57 Å². The van der Waals surface area contributed by atoms with Crippen LogP contribution in [0.2, 0.25) is 0 Å². The Labute approximate surface area is 123 Å². The van der Waals surface area contributed by atoms with E-state index in [2.05, 4.69) is 49.5 Å². The Bertz CT molecular complexity index is 433. The van der Waals surface area contributed by atoms with Crippen LogP contribution in [0.1, 0.15) is 57.6 Å². The molecule has 0 spiro atoms. The molecule has 0 amide bonds. The molecule has 1 unspecified atom stereocenters. The maximum absolute atomic E-state index is 5.70. The van der Waals surface area contributed by atoms with Crippen molar-refractivity contribution in [3.63, 3.8) is 0 Å². The molecule has 2 heteroatoms. The van der Waals surface area contributed by atoms with Gasteiger partial charge in [0.15, 0.2) is 0 Å². The zero-order chi connectivity index (χ0) is 14.4. The van der Waals surface area contributed by atoms with Crippen LogP contribution in [0, 0.1) is 0 Å². The van der Waals surface area contributed by atoms with Crippen LogP contribution in [0.4, 0.5) is 0 Å². The lowest BCUT2D eigenvalue weighted by Crippen LogP contribution is -2.17. The second-order valence-electron chi connectivity index (χ2n) is 5.89. The Morgan fingerprint density at radius 3 is 2.45 bits per heavy atom. The minimum Gasteiger partial charge on any atom is -0.491 e. The molecule has 0 saturated carbocycles. The maximum Gasteiger partial charge on any atom is 0.119 e. The highest BCUT2D eigenvalue weighted by Crippen LogP contribution is 2.28. The fourth-order valence-electron chi connectivity index (χ4n) is 2.79. The molecule has 0 radical (unpaired) electrons. The monoisotopic (exact) mass is 273 g/mol. The largest absolute Gasteiger partial charge is 0.491 e. The summed E-state index contributed by atoms with van der Waals surface area (Å²) in [6.07, 6.45) is 9.02. The van der Waals surface area contributed by atoms with Crippen molar-refractivity contribution in [1.29, 1.82) is 0 Å². The number of allylic oxidation sites excluding steroid dienone is 1. The first-order valence-electron chi connectivity index (χ1n) is 7.81. The predicted molar refractivity (Wildman–Crippen MR) is 85.2 cm³/mol. The van der Waals surface area contributed by atoms with Crippen molar-refractivity contribution in [2.75, 3.05) is 7.05 Å². The molecule has 0 aliphatic heterocycles. The third-order valence-corrected chi connectivity index (χ3v) is 3.85. The van der Waals surface area contributed by atoms with Gasteiger partial charge in [-0.05, 0) is 70.7 Å². The van der Waals surface area contributed by atoms with Gasteiger partial charge in [0.05, 0.1) is 6.10 Å². The minimum atomic E-state index is 0.230. The molecule has 1 atom stereocenters. The quantitative estimate of drug-likeness (QED) is 0.763. The normalized spacial score (nSPS) is 16.9. The third kappa shape index (κ3) is 4.38. The van der Waals surface area contributed by atoms with Crippen molar-refractivity contribution in [2.45, 2.75) is 58.1 Å². The first-order valence-corrected chi connectivity index (χ1v) is 7.81. The van der Waals surface area contributed by atoms with Gasteiger partial charge in [-0.25, -0.2) is 0 Å². The second-order valence-corrected chi connectivity index (χ2v) is 5.89. The van der Waals surface area contributed by atoms with Crippen LogP contribution in [0.3, 0.4) is 0 Å². The van der Waals surface area contributed by atoms with Crippen molar-refractivity contribution in [1.82, 2.24) is 5.32 Å². The van der Waals surface area contributed by atoms with E-state index in [0.717, 1.165) is 12.2 Å². The number of nitrogens with one attached hydrogen (secondary N) is 1. The minimum absolute atomic E-state index is 0.230. The smallest absolute Gasteiger partial charge is 0.119 e. The third-order valence-electron chi connectivity index (χ3n) is 3.85. The second kappa shape index (κ2) is 7.49. The Balaban J connectivity index is 2.01. The number of benzene rings is 1. The lowest BCUT2D eigenvalue weighted by Gasteiger charge is -2.21. The van der Waals surface area contributed by atoms with Gasteiger partial charge in [0.2, 0.25) is 0 Å². The van der Waals surface area contributed by atoms with Crippen molar-refractivity contribution in [3.05, 3.63) is 41.5 Å². The number of hydrogen-bond acceptors (Lipinski definition) is 2. The predicted octanol–water partition coefficient (Wildman–Crippen LogP) is 4.62. The van der Waals surface area contributed by atoms with Crippen LogP contribution >= 0.6 is 0 Å². The number of rotatable bonds is 6. The topological polar surface area (TPSA) is 21.3 Å². The molecule has 2 rings (SSSR count). The molecular formula is C18H27NO. The van der Waals surface area contributed by atoms with Crippen LogP contribution in [-0.4, -0.2) is 13.2 Å². The first-order chi connectivity index (χ1) is 9.69. The van der Waals surface area contributed by atoms with Gasteiger partial charge in [0.1, 0.15) is 5.75 Å². The van der Waals surface area contributed by atoms with E-state index >= 15 is 0 Å². The summed E-state index contributed by atoms with van der Waals surface area (Å²) in [5.74, 6) is 0.954.